The van der Waals surface area contributed by atoms with Gasteiger partial charge in [0.25, 0.3) is 0 Å². The summed E-state index contributed by atoms with van der Waals surface area (Å²) < 4.78 is 5.26. The number of ketones is 1. The maximum atomic E-state index is 11.3. The summed E-state index contributed by atoms with van der Waals surface area (Å²) in [5.41, 5.74) is 0.209. The maximum Gasteiger partial charge on any atom is 0.335 e. The van der Waals surface area contributed by atoms with Gasteiger partial charge in [-0.3, -0.25) is 4.79 Å². The van der Waals surface area contributed by atoms with Gasteiger partial charge in [-0.15, -0.1) is 0 Å². The van der Waals surface area contributed by atoms with Crippen LogP contribution in [0.1, 0.15) is 23.2 Å². The quantitative estimate of drug-likeness (QED) is 0.820. The molecule has 0 heterocycles. The number of benzene rings is 1. The molecule has 2 rings (SSSR count). The second-order valence-corrected chi connectivity index (χ2v) is 3.86. The lowest BCUT2D eigenvalue weighted by Crippen LogP contribution is -2.12. The lowest BCUT2D eigenvalue weighted by Gasteiger charge is -2.04. The Kier molecular flexibility index (Phi) is 2.90. The molecule has 1 aliphatic rings. The molecule has 1 aliphatic carbocycles. The third-order valence-electron chi connectivity index (χ3n) is 2.52. The number of ether oxygens (including phenoxy) is 1. The zero-order valence-electron chi connectivity index (χ0n) is 8.68. The van der Waals surface area contributed by atoms with Crippen LogP contribution in [0, 0.1) is 5.92 Å². The van der Waals surface area contributed by atoms with Crippen molar-refractivity contribution in [1.29, 1.82) is 0 Å². The van der Waals surface area contributed by atoms with Gasteiger partial charge in [0.05, 0.1) is 5.56 Å². The minimum Gasteiger partial charge on any atom is -0.486 e. The number of carbonyl (C=O) groups is 2. The van der Waals surface area contributed by atoms with E-state index < -0.39 is 5.97 Å². The van der Waals surface area contributed by atoms with Crippen LogP contribution in [-0.2, 0) is 4.79 Å². The van der Waals surface area contributed by atoms with Gasteiger partial charge >= 0.3 is 5.97 Å². The second kappa shape index (κ2) is 4.35. The summed E-state index contributed by atoms with van der Waals surface area (Å²) in [5.74, 6) is -0.125. The van der Waals surface area contributed by atoms with Crippen molar-refractivity contribution < 1.29 is 19.4 Å². The van der Waals surface area contributed by atoms with E-state index >= 15 is 0 Å². The summed E-state index contributed by atoms with van der Waals surface area (Å²) in [6.07, 6.45) is 1.94. The molecule has 4 nitrogen and oxygen atoms in total. The minimum absolute atomic E-state index is 0.0804. The first-order chi connectivity index (χ1) is 7.66. The third kappa shape index (κ3) is 2.59. The number of carboxylic acid groups (broad SMARTS) is 1. The Morgan fingerprint density at radius 1 is 1.25 bits per heavy atom. The highest BCUT2D eigenvalue weighted by atomic mass is 16.5. The van der Waals surface area contributed by atoms with E-state index in [0.29, 0.717) is 5.75 Å². The first-order valence-corrected chi connectivity index (χ1v) is 5.15. The van der Waals surface area contributed by atoms with E-state index in [4.69, 9.17) is 9.84 Å². The summed E-state index contributed by atoms with van der Waals surface area (Å²) in [4.78, 5) is 21.9. The van der Waals surface area contributed by atoms with Crippen molar-refractivity contribution in [1.82, 2.24) is 0 Å². The average molecular weight is 220 g/mol. The number of aromatic carboxylic acids is 1. The van der Waals surface area contributed by atoms with E-state index in [1.807, 2.05) is 0 Å². The maximum absolute atomic E-state index is 11.3. The largest absolute Gasteiger partial charge is 0.486 e. The van der Waals surface area contributed by atoms with Crippen molar-refractivity contribution >= 4 is 11.8 Å². The van der Waals surface area contributed by atoms with Gasteiger partial charge in [0.15, 0.2) is 5.78 Å². The average Bonchev–Trinajstić information content (AvgIpc) is 3.10. The Hall–Kier alpha value is -1.84. The summed E-state index contributed by atoms with van der Waals surface area (Å²) in [5, 5.41) is 8.68. The summed E-state index contributed by atoms with van der Waals surface area (Å²) in [6.45, 7) is 0.0804. The fourth-order valence-corrected chi connectivity index (χ4v) is 1.37. The van der Waals surface area contributed by atoms with E-state index in [1.165, 1.54) is 12.1 Å². The first kappa shape index (κ1) is 10.7. The predicted octanol–water partition coefficient (Wildman–Crippen LogP) is 1.74. The van der Waals surface area contributed by atoms with Crippen LogP contribution in [0.5, 0.6) is 5.75 Å². The van der Waals surface area contributed by atoms with Crippen molar-refractivity contribution in [3.05, 3.63) is 29.8 Å². The zero-order valence-corrected chi connectivity index (χ0v) is 8.68. The summed E-state index contributed by atoms with van der Waals surface area (Å²) in [7, 11) is 0. The Balaban J connectivity index is 1.89. The molecule has 1 aromatic carbocycles. The summed E-state index contributed by atoms with van der Waals surface area (Å²) >= 11 is 0. The van der Waals surface area contributed by atoms with Crippen LogP contribution in [-0.4, -0.2) is 23.5 Å². The molecule has 0 aromatic heterocycles. The lowest BCUT2D eigenvalue weighted by molar-refractivity contribution is -0.122. The molecule has 0 bridgehead atoms. The van der Waals surface area contributed by atoms with Gasteiger partial charge in [0, 0.05) is 5.92 Å². The third-order valence-corrected chi connectivity index (χ3v) is 2.52. The normalized spacial score (nSPS) is 14.5. The van der Waals surface area contributed by atoms with Gasteiger partial charge in [-0.05, 0) is 37.1 Å². The molecule has 0 unspecified atom stereocenters. The van der Waals surface area contributed by atoms with E-state index in [1.54, 1.807) is 12.1 Å². The minimum atomic E-state index is -0.972. The standard InChI is InChI=1S/C12H12O4/c13-11(8-1-2-8)7-16-10-5-3-9(4-6-10)12(14)15/h3-6,8H,1-2,7H2,(H,14,15). The highest BCUT2D eigenvalue weighted by molar-refractivity contribution is 5.87. The summed E-state index contributed by atoms with van der Waals surface area (Å²) in [6, 6.07) is 6.03. The number of carboxylic acids is 1. The molecule has 0 aliphatic heterocycles. The smallest absolute Gasteiger partial charge is 0.335 e. The molecule has 4 heteroatoms. The van der Waals surface area contributed by atoms with Gasteiger partial charge in [-0.25, -0.2) is 4.79 Å². The molecule has 0 amide bonds. The van der Waals surface area contributed by atoms with Gasteiger partial charge in [-0.2, -0.15) is 0 Å². The van der Waals surface area contributed by atoms with Crippen LogP contribution >= 0.6 is 0 Å². The number of Topliss-reactive ketones (excluding diaryl/α,β-unsaturated/α-hetero) is 1. The number of rotatable bonds is 5. The highest BCUT2D eigenvalue weighted by Crippen LogP contribution is 2.29. The van der Waals surface area contributed by atoms with Crippen molar-refractivity contribution in [2.75, 3.05) is 6.61 Å². The first-order valence-electron chi connectivity index (χ1n) is 5.15. The van der Waals surface area contributed by atoms with Crippen LogP contribution in [0.4, 0.5) is 0 Å². The van der Waals surface area contributed by atoms with Gasteiger partial charge in [0.1, 0.15) is 12.4 Å². The number of carbonyl (C=O) groups excluding carboxylic acids is 1. The molecule has 1 fully saturated rings. The van der Waals surface area contributed by atoms with Crippen molar-refractivity contribution in [2.45, 2.75) is 12.8 Å². The molecular weight excluding hydrogens is 208 g/mol. The highest BCUT2D eigenvalue weighted by Gasteiger charge is 2.29. The lowest BCUT2D eigenvalue weighted by atomic mass is 10.2. The Morgan fingerprint density at radius 2 is 1.88 bits per heavy atom. The molecule has 0 radical (unpaired) electrons. The molecule has 16 heavy (non-hydrogen) atoms. The molecule has 84 valence electrons. The number of hydrogen-bond acceptors (Lipinski definition) is 3. The predicted molar refractivity (Wildman–Crippen MR) is 56.6 cm³/mol. The molecule has 1 aromatic rings. The van der Waals surface area contributed by atoms with Crippen LogP contribution in [0.3, 0.4) is 0 Å². The molecule has 0 saturated heterocycles. The number of hydrogen-bond donors (Lipinski definition) is 1. The molecule has 0 atom stereocenters. The van der Waals surface area contributed by atoms with E-state index in [2.05, 4.69) is 0 Å². The van der Waals surface area contributed by atoms with Crippen molar-refractivity contribution in [2.24, 2.45) is 5.92 Å². The molecule has 0 spiro atoms. The van der Waals surface area contributed by atoms with Crippen LogP contribution in [0.15, 0.2) is 24.3 Å². The molecule has 1 N–H and O–H groups in total. The Labute approximate surface area is 92.8 Å². The van der Waals surface area contributed by atoms with Crippen molar-refractivity contribution in [3.63, 3.8) is 0 Å². The topological polar surface area (TPSA) is 63.6 Å². The van der Waals surface area contributed by atoms with E-state index in [9.17, 15) is 9.59 Å². The van der Waals surface area contributed by atoms with Crippen LogP contribution < -0.4 is 4.74 Å². The van der Waals surface area contributed by atoms with Gasteiger partial charge < -0.3 is 9.84 Å². The van der Waals surface area contributed by atoms with E-state index in [-0.39, 0.29) is 23.9 Å². The van der Waals surface area contributed by atoms with Gasteiger partial charge in [0.2, 0.25) is 0 Å². The van der Waals surface area contributed by atoms with Crippen LogP contribution in [0.25, 0.3) is 0 Å². The monoisotopic (exact) mass is 220 g/mol. The van der Waals surface area contributed by atoms with E-state index in [0.717, 1.165) is 12.8 Å². The zero-order chi connectivity index (χ0) is 11.5. The Morgan fingerprint density at radius 3 is 2.38 bits per heavy atom. The fraction of sp³-hybridized carbons (Fsp3) is 0.333. The fourth-order valence-electron chi connectivity index (χ4n) is 1.37. The molecule has 1 saturated carbocycles. The Bertz CT molecular complexity index is 404. The molecular formula is C12H12O4. The van der Waals surface area contributed by atoms with Gasteiger partial charge in [-0.1, -0.05) is 0 Å². The SMILES string of the molecule is O=C(O)c1ccc(OCC(=O)C2CC2)cc1. The van der Waals surface area contributed by atoms with Crippen molar-refractivity contribution in [3.8, 4) is 5.75 Å². The van der Waals surface area contributed by atoms with Crippen LogP contribution in [0.2, 0.25) is 0 Å². The second-order valence-electron chi connectivity index (χ2n) is 3.86.